The van der Waals surface area contributed by atoms with Crippen LogP contribution in [-0.4, -0.2) is 25.2 Å². The van der Waals surface area contributed by atoms with Crippen LogP contribution in [-0.2, 0) is 6.54 Å². The van der Waals surface area contributed by atoms with Crippen LogP contribution in [0.25, 0.3) is 16.7 Å². The Morgan fingerprint density at radius 1 is 1.13 bits per heavy atom. The first-order valence-electron chi connectivity index (χ1n) is 9.62. The smallest absolute Gasteiger partial charge is 0.282 e. The number of halogens is 1. The molecule has 0 saturated carbocycles. The molecule has 0 radical (unpaired) electrons. The molecule has 0 aliphatic carbocycles. The van der Waals surface area contributed by atoms with Crippen LogP contribution in [0.3, 0.4) is 0 Å². The monoisotopic (exact) mass is 421 g/mol. The van der Waals surface area contributed by atoms with Crippen molar-refractivity contribution in [2.75, 3.05) is 5.32 Å². The van der Waals surface area contributed by atoms with Crippen molar-refractivity contribution < 1.29 is 4.79 Å². The molecule has 2 heterocycles. The molecule has 30 heavy (non-hydrogen) atoms. The summed E-state index contributed by atoms with van der Waals surface area (Å²) in [4.78, 5) is 30.0. The quantitative estimate of drug-likeness (QED) is 0.523. The Balaban J connectivity index is 1.75. The Morgan fingerprint density at radius 2 is 1.87 bits per heavy atom. The molecule has 0 aliphatic heterocycles. The van der Waals surface area contributed by atoms with Crippen molar-refractivity contribution in [3.05, 3.63) is 81.2 Å². The predicted molar refractivity (Wildman–Crippen MR) is 118 cm³/mol. The third-order valence-electron chi connectivity index (χ3n) is 4.73. The lowest BCUT2D eigenvalue weighted by Gasteiger charge is -2.13. The summed E-state index contributed by atoms with van der Waals surface area (Å²) in [6, 6.07) is 16.1. The first kappa shape index (κ1) is 19.8. The first-order chi connectivity index (χ1) is 14.5. The second-order valence-electron chi connectivity index (χ2n) is 6.89. The van der Waals surface area contributed by atoms with Gasteiger partial charge in [0, 0.05) is 18.3 Å². The van der Waals surface area contributed by atoms with E-state index in [0.29, 0.717) is 28.9 Å². The third kappa shape index (κ3) is 3.59. The van der Waals surface area contributed by atoms with E-state index in [4.69, 9.17) is 11.6 Å². The molecule has 0 aliphatic rings. The Kier molecular flexibility index (Phi) is 5.37. The second-order valence-corrected chi connectivity index (χ2v) is 7.30. The molecule has 1 amide bonds. The van der Waals surface area contributed by atoms with Crippen LogP contribution in [0.1, 0.15) is 29.5 Å². The van der Waals surface area contributed by atoms with Crippen LogP contribution in [0.4, 0.5) is 5.95 Å². The van der Waals surface area contributed by atoms with Crippen molar-refractivity contribution >= 4 is 34.5 Å². The van der Waals surface area contributed by atoms with Gasteiger partial charge in [-0.1, -0.05) is 42.8 Å². The van der Waals surface area contributed by atoms with Gasteiger partial charge in [-0.3, -0.25) is 14.9 Å². The van der Waals surface area contributed by atoms with Crippen LogP contribution in [0.5, 0.6) is 0 Å². The van der Waals surface area contributed by atoms with E-state index in [2.05, 4.69) is 15.4 Å². The molecule has 0 unspecified atom stereocenters. The second kappa shape index (κ2) is 8.12. The van der Waals surface area contributed by atoms with E-state index in [1.165, 1.54) is 10.7 Å². The molecular weight excluding hydrogens is 402 g/mol. The highest BCUT2D eigenvalue weighted by atomic mass is 35.5. The summed E-state index contributed by atoms with van der Waals surface area (Å²) in [6.07, 6.45) is 0.866. The first-order valence-corrected chi connectivity index (χ1v) is 10.00. The molecule has 2 aromatic carbocycles. The van der Waals surface area contributed by atoms with Crippen LogP contribution < -0.4 is 10.7 Å². The number of anilines is 1. The number of carbonyl (C=O) groups is 1. The van der Waals surface area contributed by atoms with Gasteiger partial charge < -0.3 is 4.57 Å². The number of aryl methyl sites for hydroxylation is 2. The van der Waals surface area contributed by atoms with Gasteiger partial charge in [0.1, 0.15) is 0 Å². The average molecular weight is 422 g/mol. The number of imidazole rings is 1. The summed E-state index contributed by atoms with van der Waals surface area (Å²) in [5.41, 5.74) is 2.15. The highest BCUT2D eigenvalue weighted by Gasteiger charge is 2.19. The Morgan fingerprint density at radius 3 is 2.63 bits per heavy atom. The van der Waals surface area contributed by atoms with Crippen LogP contribution in [0.2, 0.25) is 5.02 Å². The van der Waals surface area contributed by atoms with Crippen molar-refractivity contribution in [2.45, 2.75) is 26.8 Å². The Bertz CT molecular complexity index is 1310. The number of aromatic nitrogens is 4. The minimum atomic E-state index is -0.617. The fourth-order valence-electron chi connectivity index (χ4n) is 3.35. The van der Waals surface area contributed by atoms with E-state index in [-0.39, 0.29) is 5.69 Å². The minimum Gasteiger partial charge on any atom is -0.310 e. The van der Waals surface area contributed by atoms with Gasteiger partial charge >= 0.3 is 0 Å². The maximum absolute atomic E-state index is 13.0. The van der Waals surface area contributed by atoms with Gasteiger partial charge in [-0.2, -0.15) is 5.10 Å². The molecule has 0 atom stereocenters. The number of amides is 1. The lowest BCUT2D eigenvalue weighted by molar-refractivity contribution is 0.101. The SMILES string of the molecule is CCCn1c(NC(=O)c2nn(-c3ccccc3Cl)c(C)cc2=O)nc2ccccc21. The highest BCUT2D eigenvalue weighted by Crippen LogP contribution is 2.21. The lowest BCUT2D eigenvalue weighted by Crippen LogP contribution is -2.28. The molecule has 8 heteroatoms. The number of nitrogens with zero attached hydrogens (tertiary/aromatic N) is 4. The van der Waals surface area contributed by atoms with Gasteiger partial charge in [0.2, 0.25) is 11.4 Å². The fraction of sp³-hybridized carbons (Fsp3) is 0.182. The molecule has 1 N–H and O–H groups in total. The number of hydrogen-bond donors (Lipinski definition) is 1. The molecule has 152 valence electrons. The van der Waals surface area contributed by atoms with E-state index in [9.17, 15) is 9.59 Å². The normalized spacial score (nSPS) is 11.0. The van der Waals surface area contributed by atoms with E-state index >= 15 is 0 Å². The van der Waals surface area contributed by atoms with Gasteiger partial charge in [-0.15, -0.1) is 0 Å². The summed E-state index contributed by atoms with van der Waals surface area (Å²) in [6.45, 7) is 4.46. The van der Waals surface area contributed by atoms with Gasteiger partial charge in [-0.05, 0) is 37.6 Å². The van der Waals surface area contributed by atoms with Crippen LogP contribution in [0.15, 0.2) is 59.4 Å². The lowest BCUT2D eigenvalue weighted by atomic mass is 10.2. The molecule has 4 rings (SSSR count). The molecule has 4 aromatic rings. The predicted octanol–water partition coefficient (Wildman–Crippen LogP) is 4.21. The van der Waals surface area contributed by atoms with Gasteiger partial charge in [0.25, 0.3) is 5.91 Å². The highest BCUT2D eigenvalue weighted by molar-refractivity contribution is 6.32. The van der Waals surface area contributed by atoms with Gasteiger partial charge in [0.15, 0.2) is 5.69 Å². The van der Waals surface area contributed by atoms with Crippen molar-refractivity contribution in [2.24, 2.45) is 0 Å². The largest absolute Gasteiger partial charge is 0.310 e. The molecular formula is C22H20ClN5O2. The summed E-state index contributed by atoms with van der Waals surface area (Å²) in [7, 11) is 0. The molecule has 0 bridgehead atoms. The van der Waals surface area contributed by atoms with Crippen LogP contribution in [0, 0.1) is 6.92 Å². The van der Waals surface area contributed by atoms with E-state index < -0.39 is 11.3 Å². The zero-order valence-corrected chi connectivity index (χ0v) is 17.3. The van der Waals surface area contributed by atoms with Crippen molar-refractivity contribution in [1.82, 2.24) is 19.3 Å². The number of hydrogen-bond acceptors (Lipinski definition) is 4. The van der Waals surface area contributed by atoms with Crippen molar-refractivity contribution in [3.63, 3.8) is 0 Å². The van der Waals surface area contributed by atoms with E-state index in [0.717, 1.165) is 17.5 Å². The van der Waals surface area contributed by atoms with Gasteiger partial charge in [0.05, 0.1) is 21.7 Å². The zero-order chi connectivity index (χ0) is 21.3. The Hall–Kier alpha value is -3.45. The topological polar surface area (TPSA) is 81.8 Å². The number of carbonyl (C=O) groups excluding carboxylic acids is 1. The molecule has 2 aromatic heterocycles. The van der Waals surface area contributed by atoms with Gasteiger partial charge in [-0.25, -0.2) is 9.67 Å². The molecule has 0 fully saturated rings. The molecule has 0 saturated heterocycles. The fourth-order valence-corrected chi connectivity index (χ4v) is 3.57. The summed E-state index contributed by atoms with van der Waals surface area (Å²) in [5.74, 6) is -0.234. The standard InChI is InChI=1S/C22H20ClN5O2/c1-3-12-27-18-11-7-5-9-16(18)24-22(27)25-21(30)20-19(29)13-14(2)28(26-20)17-10-6-4-8-15(17)23/h4-11,13H,3,12H2,1-2H3,(H,24,25,30). The van der Waals surface area contributed by atoms with E-state index in [1.54, 1.807) is 25.1 Å². The molecule has 7 nitrogen and oxygen atoms in total. The number of nitrogens with one attached hydrogen (secondary N) is 1. The maximum atomic E-state index is 13.0. The minimum absolute atomic E-state index is 0.226. The molecule has 0 spiro atoms. The maximum Gasteiger partial charge on any atom is 0.282 e. The number of fused-ring (bicyclic) bond motifs is 1. The third-order valence-corrected chi connectivity index (χ3v) is 5.05. The summed E-state index contributed by atoms with van der Waals surface area (Å²) < 4.78 is 3.42. The summed E-state index contributed by atoms with van der Waals surface area (Å²) in [5, 5.41) is 7.52. The van der Waals surface area contributed by atoms with E-state index in [1.807, 2.05) is 41.8 Å². The summed E-state index contributed by atoms with van der Waals surface area (Å²) >= 11 is 6.28. The number of benzene rings is 2. The number of rotatable bonds is 5. The average Bonchev–Trinajstić information content (AvgIpc) is 3.06. The number of para-hydroxylation sites is 3. The van der Waals surface area contributed by atoms with Crippen molar-refractivity contribution in [1.29, 1.82) is 0 Å². The van der Waals surface area contributed by atoms with Crippen molar-refractivity contribution in [3.8, 4) is 5.69 Å². The van der Waals surface area contributed by atoms with Crippen LogP contribution >= 0.6 is 11.6 Å². The zero-order valence-electron chi connectivity index (χ0n) is 16.6. The Labute approximate surface area is 177 Å².